The molecule has 0 radical (unpaired) electrons. The Morgan fingerprint density at radius 3 is 2.68 bits per heavy atom. The van der Waals surface area contributed by atoms with Crippen LogP contribution in [-0.2, 0) is 15.1 Å². The minimum absolute atomic E-state index is 0.245. The van der Waals surface area contributed by atoms with Gasteiger partial charge in [-0.1, -0.05) is 0 Å². The van der Waals surface area contributed by atoms with Gasteiger partial charge in [0.25, 0.3) is 0 Å². The van der Waals surface area contributed by atoms with Crippen LogP contribution < -0.4 is 11.1 Å². The number of aryl methyl sites for hydroxylation is 2. The van der Waals surface area contributed by atoms with Crippen LogP contribution in [0.5, 0.6) is 0 Å². The van der Waals surface area contributed by atoms with Gasteiger partial charge in [-0.2, -0.15) is 0 Å². The maximum atomic E-state index is 13.9. The summed E-state index contributed by atoms with van der Waals surface area (Å²) in [5.41, 5.74) is 7.01. The molecule has 25 heavy (non-hydrogen) atoms. The fourth-order valence-corrected chi connectivity index (χ4v) is 3.15. The monoisotopic (exact) mass is 363 g/mol. The van der Waals surface area contributed by atoms with Crippen molar-refractivity contribution in [2.75, 3.05) is 18.5 Å². The lowest BCUT2D eigenvalue weighted by atomic mass is 9.92. The van der Waals surface area contributed by atoms with E-state index in [1.165, 1.54) is 28.6 Å². The lowest BCUT2D eigenvalue weighted by molar-refractivity contribution is -0.105. The highest BCUT2D eigenvalue weighted by molar-refractivity contribution is 7.10. The van der Waals surface area contributed by atoms with Crippen molar-refractivity contribution < 1.29 is 13.9 Å². The molecule has 1 aromatic heterocycles. The van der Waals surface area contributed by atoms with Crippen molar-refractivity contribution >= 4 is 29.3 Å². The van der Waals surface area contributed by atoms with Crippen LogP contribution in [0.15, 0.2) is 34.6 Å². The van der Waals surface area contributed by atoms with Gasteiger partial charge in [-0.3, -0.25) is 9.79 Å². The predicted octanol–water partition coefficient (Wildman–Crippen LogP) is 3.36. The Balaban J connectivity index is 0.000000269. The number of nitrogens with one attached hydrogen (secondary N) is 1. The predicted molar refractivity (Wildman–Crippen MR) is 99.7 cm³/mol. The van der Waals surface area contributed by atoms with Crippen molar-refractivity contribution in [1.82, 2.24) is 0 Å². The highest BCUT2D eigenvalue weighted by Crippen LogP contribution is 2.32. The molecule has 1 atom stereocenters. The van der Waals surface area contributed by atoms with Crippen molar-refractivity contribution in [1.29, 1.82) is 0 Å². The summed E-state index contributed by atoms with van der Waals surface area (Å²) < 4.78 is 19.2. The van der Waals surface area contributed by atoms with Gasteiger partial charge in [0.1, 0.15) is 23.8 Å². The first-order valence-corrected chi connectivity index (χ1v) is 8.66. The van der Waals surface area contributed by atoms with Crippen LogP contribution in [0, 0.1) is 19.7 Å². The Morgan fingerprint density at radius 2 is 2.16 bits per heavy atom. The van der Waals surface area contributed by atoms with E-state index in [-0.39, 0.29) is 13.2 Å². The number of nitrogens with two attached hydrogens (primary N) is 1. The summed E-state index contributed by atoms with van der Waals surface area (Å²) in [5, 5.41) is 4.59. The summed E-state index contributed by atoms with van der Waals surface area (Å²) in [5.74, 6) is -0.0760. The number of benzene rings is 1. The van der Waals surface area contributed by atoms with Crippen molar-refractivity contribution in [3.05, 3.63) is 51.5 Å². The highest BCUT2D eigenvalue weighted by Gasteiger charge is 2.32. The zero-order chi connectivity index (χ0) is 18.4. The van der Waals surface area contributed by atoms with Crippen molar-refractivity contribution in [2.24, 2.45) is 10.7 Å². The molecule has 1 aliphatic rings. The molecule has 1 aromatic carbocycles. The fraction of sp³-hybridized carbons (Fsp3) is 0.333. The summed E-state index contributed by atoms with van der Waals surface area (Å²) >= 11 is 1.80. The Labute approximate surface area is 150 Å². The van der Waals surface area contributed by atoms with Crippen LogP contribution >= 0.6 is 11.3 Å². The number of ether oxygens (including phenoxy) is 1. The van der Waals surface area contributed by atoms with E-state index in [0.29, 0.717) is 23.5 Å². The molecule has 5 nitrogen and oxygen atoms in total. The van der Waals surface area contributed by atoms with Gasteiger partial charge in [0.2, 0.25) is 6.41 Å². The zero-order valence-electron chi connectivity index (χ0n) is 14.5. The number of halogens is 1. The third kappa shape index (κ3) is 4.87. The number of thiophene rings is 1. The zero-order valence-corrected chi connectivity index (χ0v) is 15.3. The van der Waals surface area contributed by atoms with Crippen LogP contribution in [0.25, 0.3) is 0 Å². The number of anilines is 1. The van der Waals surface area contributed by atoms with Crippen LogP contribution in [0.3, 0.4) is 0 Å². The molecular weight excluding hydrogens is 341 g/mol. The second kappa shape index (κ2) is 8.22. The van der Waals surface area contributed by atoms with Gasteiger partial charge in [0.05, 0.1) is 6.61 Å². The molecule has 2 aromatic rings. The van der Waals surface area contributed by atoms with Crippen molar-refractivity contribution in [2.45, 2.75) is 26.3 Å². The molecule has 0 bridgehead atoms. The molecule has 1 amide bonds. The largest absolute Gasteiger partial charge is 0.386 e. The fourth-order valence-electron chi connectivity index (χ4n) is 2.42. The highest BCUT2D eigenvalue weighted by atomic mass is 32.1. The number of carbonyl (C=O) groups is 1. The number of rotatable bonds is 3. The molecule has 134 valence electrons. The van der Waals surface area contributed by atoms with Crippen LogP contribution in [0.1, 0.15) is 22.9 Å². The molecular formula is C18H22FN3O2S. The topological polar surface area (TPSA) is 76.7 Å². The van der Waals surface area contributed by atoms with E-state index >= 15 is 0 Å². The average molecular weight is 363 g/mol. The molecule has 1 aliphatic heterocycles. The summed E-state index contributed by atoms with van der Waals surface area (Å²) in [7, 11) is 0. The lowest BCUT2D eigenvalue weighted by Gasteiger charge is -2.30. The molecule has 0 saturated carbocycles. The van der Waals surface area contributed by atoms with E-state index in [1.807, 2.05) is 0 Å². The molecule has 0 spiro atoms. The van der Waals surface area contributed by atoms with Crippen LogP contribution in [0.2, 0.25) is 0 Å². The number of carbonyl (C=O) groups excluding carboxylic acids is 1. The number of hydrogen-bond donors (Lipinski definition) is 2. The molecule has 0 saturated heterocycles. The Morgan fingerprint density at radius 1 is 1.40 bits per heavy atom. The number of aliphatic imine (C=N–C) groups is 1. The van der Waals surface area contributed by atoms with E-state index in [1.54, 1.807) is 18.3 Å². The first-order chi connectivity index (χ1) is 11.9. The van der Waals surface area contributed by atoms with Gasteiger partial charge >= 0.3 is 0 Å². The molecule has 1 unspecified atom stereocenters. The first-order valence-electron chi connectivity index (χ1n) is 7.78. The van der Waals surface area contributed by atoms with Crippen molar-refractivity contribution in [3.63, 3.8) is 0 Å². The van der Waals surface area contributed by atoms with Crippen LogP contribution in [0.4, 0.5) is 10.1 Å². The summed E-state index contributed by atoms with van der Waals surface area (Å²) in [6.07, 6.45) is 0.536. The smallest absolute Gasteiger partial charge is 0.211 e. The van der Waals surface area contributed by atoms with Gasteiger partial charge in [-0.15, -0.1) is 11.3 Å². The second-order valence-corrected chi connectivity index (χ2v) is 7.11. The van der Waals surface area contributed by atoms with Crippen LogP contribution in [-0.4, -0.2) is 25.5 Å². The van der Waals surface area contributed by atoms with E-state index < -0.39 is 11.4 Å². The Kier molecular flexibility index (Phi) is 6.27. The molecule has 2 heterocycles. The van der Waals surface area contributed by atoms with Gasteiger partial charge in [-0.05, 0) is 56.0 Å². The first kappa shape index (κ1) is 19.1. The van der Waals surface area contributed by atoms with E-state index in [0.717, 1.165) is 0 Å². The number of amidine groups is 1. The minimum Gasteiger partial charge on any atom is -0.386 e. The summed E-state index contributed by atoms with van der Waals surface area (Å²) in [4.78, 5) is 16.1. The third-order valence-electron chi connectivity index (χ3n) is 3.91. The lowest BCUT2D eigenvalue weighted by Crippen LogP contribution is -2.38. The Bertz CT molecular complexity index is 759. The van der Waals surface area contributed by atoms with E-state index in [2.05, 4.69) is 35.6 Å². The Hall–Kier alpha value is -2.25. The molecule has 3 N–H and O–H groups in total. The number of hydrogen-bond acceptors (Lipinski definition) is 5. The van der Waals surface area contributed by atoms with Crippen molar-refractivity contribution in [3.8, 4) is 0 Å². The minimum atomic E-state index is -0.868. The third-order valence-corrected chi connectivity index (χ3v) is 4.86. The van der Waals surface area contributed by atoms with Gasteiger partial charge in [0.15, 0.2) is 0 Å². The van der Waals surface area contributed by atoms with Gasteiger partial charge < -0.3 is 15.8 Å². The summed E-state index contributed by atoms with van der Waals surface area (Å²) in [6, 6.07) is 6.44. The average Bonchev–Trinajstić information content (AvgIpc) is 2.93. The summed E-state index contributed by atoms with van der Waals surface area (Å²) in [6.45, 7) is 6.51. The quantitative estimate of drug-likeness (QED) is 0.821. The number of amides is 1. The SMILES string of the molecule is CC1(c2cc(NC=O)ccc2F)COCC(N)=N1.Cc1ccsc1C. The maximum Gasteiger partial charge on any atom is 0.211 e. The maximum absolute atomic E-state index is 13.9. The van der Waals surface area contributed by atoms with Gasteiger partial charge in [0, 0.05) is 16.1 Å². The molecule has 3 rings (SSSR count). The second-order valence-electron chi connectivity index (χ2n) is 5.99. The normalized spacial score (nSPS) is 19.4. The molecule has 0 aliphatic carbocycles. The van der Waals surface area contributed by atoms with E-state index in [9.17, 15) is 9.18 Å². The standard InChI is InChI=1S/C12H14FN3O2.C6H8S/c1-12(6-18-5-11(14)16-12)9-4-8(15-7-17)2-3-10(9)13;1-5-3-4-7-6(5)2/h2-4,7H,5-6H2,1H3,(H2,14,16)(H,15,17);3-4H,1-2H3. The molecule has 0 fully saturated rings. The van der Waals surface area contributed by atoms with Gasteiger partial charge in [-0.25, -0.2) is 4.39 Å². The molecule has 7 heteroatoms. The number of nitrogens with zero attached hydrogens (tertiary/aromatic N) is 1. The van der Waals surface area contributed by atoms with E-state index in [4.69, 9.17) is 10.5 Å².